The number of carbonyl (C=O) groups is 2. The fourth-order valence-corrected chi connectivity index (χ4v) is 2.97. The first-order chi connectivity index (χ1) is 15.2. The van der Waals surface area contributed by atoms with Crippen LogP contribution in [0.25, 0.3) is 0 Å². The summed E-state index contributed by atoms with van der Waals surface area (Å²) in [5, 5.41) is 52.8. The van der Waals surface area contributed by atoms with Gasteiger partial charge < -0.3 is 36.2 Å². The lowest BCUT2D eigenvalue weighted by Gasteiger charge is -2.19. The summed E-state index contributed by atoms with van der Waals surface area (Å²) in [4.78, 5) is 25.5. The van der Waals surface area contributed by atoms with E-state index in [0.29, 0.717) is 11.1 Å². The molecule has 3 rings (SSSR count). The van der Waals surface area contributed by atoms with Gasteiger partial charge in [-0.05, 0) is 53.6 Å². The summed E-state index contributed by atoms with van der Waals surface area (Å²) in [5.41, 5.74) is 1.26. The summed E-state index contributed by atoms with van der Waals surface area (Å²) in [6.45, 7) is 0.0363. The number of carbonyl (C=O) groups excluding carboxylic acids is 2. The van der Waals surface area contributed by atoms with Gasteiger partial charge in [-0.2, -0.15) is 0 Å². The Morgan fingerprint density at radius 1 is 0.719 bits per heavy atom. The Hall–Kier alpha value is -4.40. The summed E-state index contributed by atoms with van der Waals surface area (Å²) in [7, 11) is 0. The molecule has 3 aromatic carbocycles. The predicted molar refractivity (Wildman–Crippen MR) is 114 cm³/mol. The van der Waals surface area contributed by atoms with E-state index in [1.54, 1.807) is 12.1 Å². The summed E-state index contributed by atoms with van der Waals surface area (Å²) < 4.78 is 0. The maximum atomic E-state index is 12.9. The molecule has 0 spiro atoms. The minimum absolute atomic E-state index is 0.0363. The Kier molecular flexibility index (Phi) is 6.69. The standard InChI is InChI=1S/C23H22N2O7/c26-16-5-1-13(2-6-16)9-17(25-22(31)15-4-8-19(28)21(30)11-15)23(32)24-12-14-3-7-18(27)20(29)10-14/h1-8,10-11,17,26-30H,9,12H2,(H,24,32)(H,25,31)/t17-/m0/s1. The lowest BCUT2D eigenvalue weighted by Crippen LogP contribution is -2.47. The van der Waals surface area contributed by atoms with E-state index >= 15 is 0 Å². The van der Waals surface area contributed by atoms with Gasteiger partial charge in [-0.3, -0.25) is 9.59 Å². The second-order valence-electron chi connectivity index (χ2n) is 7.14. The topological polar surface area (TPSA) is 159 Å². The van der Waals surface area contributed by atoms with Crippen LogP contribution < -0.4 is 10.6 Å². The van der Waals surface area contributed by atoms with Crippen molar-refractivity contribution in [1.29, 1.82) is 0 Å². The van der Waals surface area contributed by atoms with E-state index < -0.39 is 23.6 Å². The Morgan fingerprint density at radius 2 is 1.31 bits per heavy atom. The minimum atomic E-state index is -1.01. The number of benzene rings is 3. The number of hydrogen-bond acceptors (Lipinski definition) is 7. The van der Waals surface area contributed by atoms with Gasteiger partial charge in [-0.1, -0.05) is 18.2 Å². The van der Waals surface area contributed by atoms with Gasteiger partial charge in [0.2, 0.25) is 5.91 Å². The lowest BCUT2D eigenvalue weighted by atomic mass is 10.0. The van der Waals surface area contributed by atoms with Gasteiger partial charge in [0.15, 0.2) is 23.0 Å². The molecule has 9 heteroatoms. The number of phenolic OH excluding ortho intramolecular Hbond substituents is 5. The first-order valence-electron chi connectivity index (χ1n) is 9.62. The van der Waals surface area contributed by atoms with Crippen LogP contribution in [0.1, 0.15) is 21.5 Å². The molecule has 0 saturated heterocycles. The molecule has 32 heavy (non-hydrogen) atoms. The molecule has 3 aromatic rings. The van der Waals surface area contributed by atoms with Crippen LogP contribution in [-0.2, 0) is 17.8 Å². The molecule has 2 amide bonds. The molecule has 0 heterocycles. The van der Waals surface area contributed by atoms with Gasteiger partial charge in [0.05, 0.1) is 0 Å². The number of rotatable bonds is 7. The normalized spacial score (nSPS) is 11.5. The van der Waals surface area contributed by atoms with Crippen LogP contribution in [0.2, 0.25) is 0 Å². The summed E-state index contributed by atoms with van der Waals surface area (Å²) in [6, 6.07) is 12.8. The molecule has 0 aliphatic heterocycles. The lowest BCUT2D eigenvalue weighted by molar-refractivity contribution is -0.123. The van der Waals surface area contributed by atoms with Crippen LogP contribution in [0, 0.1) is 0 Å². The van der Waals surface area contributed by atoms with Gasteiger partial charge in [0.25, 0.3) is 5.91 Å². The van der Waals surface area contributed by atoms with E-state index in [2.05, 4.69) is 10.6 Å². The SMILES string of the molecule is O=C(N[C@@H](Cc1ccc(O)cc1)C(=O)NCc1ccc(O)c(O)c1)c1ccc(O)c(O)c1. The highest BCUT2D eigenvalue weighted by Gasteiger charge is 2.22. The van der Waals surface area contributed by atoms with Crippen molar-refractivity contribution in [3.63, 3.8) is 0 Å². The first kappa shape index (κ1) is 22.3. The maximum absolute atomic E-state index is 12.9. The van der Waals surface area contributed by atoms with Crippen LogP contribution >= 0.6 is 0 Å². The third-order valence-corrected chi connectivity index (χ3v) is 4.74. The zero-order valence-electron chi connectivity index (χ0n) is 16.8. The Morgan fingerprint density at radius 3 is 1.94 bits per heavy atom. The van der Waals surface area contributed by atoms with Gasteiger partial charge in [0.1, 0.15) is 11.8 Å². The number of amides is 2. The van der Waals surface area contributed by atoms with E-state index in [9.17, 15) is 35.1 Å². The van der Waals surface area contributed by atoms with Crippen molar-refractivity contribution in [1.82, 2.24) is 10.6 Å². The highest BCUT2D eigenvalue weighted by molar-refractivity contribution is 5.98. The van der Waals surface area contributed by atoms with E-state index in [1.165, 1.54) is 36.4 Å². The van der Waals surface area contributed by atoms with Gasteiger partial charge in [0, 0.05) is 18.5 Å². The monoisotopic (exact) mass is 438 g/mol. The third-order valence-electron chi connectivity index (χ3n) is 4.74. The molecule has 0 unspecified atom stereocenters. The molecule has 0 radical (unpaired) electrons. The van der Waals surface area contributed by atoms with Crippen LogP contribution in [0.15, 0.2) is 60.7 Å². The summed E-state index contributed by atoms with van der Waals surface area (Å²) >= 11 is 0. The molecule has 0 aliphatic carbocycles. The number of phenols is 5. The van der Waals surface area contributed by atoms with Crippen LogP contribution in [-0.4, -0.2) is 43.4 Å². The van der Waals surface area contributed by atoms with E-state index in [-0.39, 0.29) is 41.5 Å². The molecule has 0 saturated carbocycles. The average Bonchev–Trinajstić information content (AvgIpc) is 2.77. The van der Waals surface area contributed by atoms with Crippen LogP contribution in [0.5, 0.6) is 28.7 Å². The maximum Gasteiger partial charge on any atom is 0.252 e. The Bertz CT molecular complexity index is 1130. The predicted octanol–water partition coefficient (Wildman–Crippen LogP) is 1.87. The summed E-state index contributed by atoms with van der Waals surface area (Å²) in [6.07, 6.45) is 0.114. The molecule has 1 atom stereocenters. The van der Waals surface area contributed by atoms with Crippen molar-refractivity contribution in [3.05, 3.63) is 77.4 Å². The highest BCUT2D eigenvalue weighted by Crippen LogP contribution is 2.25. The third kappa shape index (κ3) is 5.60. The second kappa shape index (κ2) is 9.61. The van der Waals surface area contributed by atoms with Gasteiger partial charge in [-0.15, -0.1) is 0 Å². The van der Waals surface area contributed by atoms with Crippen molar-refractivity contribution < 1.29 is 35.1 Å². The molecule has 0 bridgehead atoms. The van der Waals surface area contributed by atoms with Gasteiger partial charge >= 0.3 is 0 Å². The fourth-order valence-electron chi connectivity index (χ4n) is 2.97. The van der Waals surface area contributed by atoms with Crippen molar-refractivity contribution in [2.24, 2.45) is 0 Å². The Labute approximate surface area is 183 Å². The fraction of sp³-hybridized carbons (Fsp3) is 0.130. The number of nitrogens with one attached hydrogen (secondary N) is 2. The van der Waals surface area contributed by atoms with Crippen molar-refractivity contribution >= 4 is 11.8 Å². The molecular weight excluding hydrogens is 416 g/mol. The molecule has 0 aromatic heterocycles. The smallest absolute Gasteiger partial charge is 0.252 e. The molecule has 7 N–H and O–H groups in total. The van der Waals surface area contributed by atoms with Gasteiger partial charge in [-0.25, -0.2) is 0 Å². The molecule has 166 valence electrons. The molecular formula is C23H22N2O7. The van der Waals surface area contributed by atoms with E-state index in [1.807, 2.05) is 0 Å². The van der Waals surface area contributed by atoms with E-state index in [4.69, 9.17) is 0 Å². The van der Waals surface area contributed by atoms with Crippen molar-refractivity contribution in [3.8, 4) is 28.7 Å². The average molecular weight is 438 g/mol. The summed E-state index contributed by atoms with van der Waals surface area (Å²) in [5.74, 6) is -2.54. The first-order valence-corrected chi connectivity index (χ1v) is 9.62. The van der Waals surface area contributed by atoms with Crippen molar-refractivity contribution in [2.75, 3.05) is 0 Å². The second-order valence-corrected chi connectivity index (χ2v) is 7.14. The molecule has 9 nitrogen and oxygen atoms in total. The number of hydrogen-bond donors (Lipinski definition) is 7. The van der Waals surface area contributed by atoms with Crippen molar-refractivity contribution in [2.45, 2.75) is 19.0 Å². The zero-order valence-corrected chi connectivity index (χ0v) is 16.8. The largest absolute Gasteiger partial charge is 0.508 e. The minimum Gasteiger partial charge on any atom is -0.508 e. The van der Waals surface area contributed by atoms with Crippen LogP contribution in [0.3, 0.4) is 0 Å². The number of aromatic hydroxyl groups is 5. The Balaban J connectivity index is 1.76. The van der Waals surface area contributed by atoms with E-state index in [0.717, 1.165) is 12.1 Å². The highest BCUT2D eigenvalue weighted by atomic mass is 16.3. The molecule has 0 fully saturated rings. The van der Waals surface area contributed by atoms with Crippen LogP contribution in [0.4, 0.5) is 0 Å². The molecule has 0 aliphatic rings. The zero-order chi connectivity index (χ0) is 23.3. The quantitative estimate of drug-likeness (QED) is 0.277.